The zero-order valence-electron chi connectivity index (χ0n) is 17.1. The van der Waals surface area contributed by atoms with Gasteiger partial charge in [0.1, 0.15) is 18.1 Å². The quantitative estimate of drug-likeness (QED) is 0.388. The van der Waals surface area contributed by atoms with E-state index in [0.717, 1.165) is 16.7 Å². The maximum Gasteiger partial charge on any atom is 0.161 e. The zero-order valence-corrected chi connectivity index (χ0v) is 17.8. The highest BCUT2D eigenvalue weighted by molar-refractivity contribution is 6.31. The number of aromatic amines is 1. The van der Waals surface area contributed by atoms with Crippen molar-refractivity contribution >= 4 is 11.6 Å². The average molecular weight is 437 g/mol. The first-order chi connectivity index (χ1) is 15.1. The summed E-state index contributed by atoms with van der Waals surface area (Å²) >= 11 is 6.17. The third kappa shape index (κ3) is 4.29. The summed E-state index contributed by atoms with van der Waals surface area (Å²) < 4.78 is 16.5. The van der Waals surface area contributed by atoms with Gasteiger partial charge in [0.15, 0.2) is 11.5 Å². The summed E-state index contributed by atoms with van der Waals surface area (Å²) in [5.41, 5.74) is 3.85. The second-order valence-electron chi connectivity index (χ2n) is 6.79. The molecule has 0 saturated heterocycles. The molecule has 0 bridgehead atoms. The van der Waals surface area contributed by atoms with E-state index >= 15 is 0 Å². The van der Waals surface area contributed by atoms with Crippen LogP contribution in [0.3, 0.4) is 0 Å². The minimum Gasteiger partial charge on any atom is -0.507 e. The van der Waals surface area contributed by atoms with Gasteiger partial charge in [-0.15, -0.1) is 0 Å². The summed E-state index contributed by atoms with van der Waals surface area (Å²) in [6.45, 7) is 0.305. The number of hydrogen-bond acceptors (Lipinski definition) is 5. The van der Waals surface area contributed by atoms with E-state index in [0.29, 0.717) is 40.1 Å². The fourth-order valence-electron chi connectivity index (χ4n) is 3.30. The Balaban J connectivity index is 1.60. The molecule has 0 unspecified atom stereocenters. The van der Waals surface area contributed by atoms with Crippen molar-refractivity contribution in [3.8, 4) is 45.4 Å². The van der Waals surface area contributed by atoms with Gasteiger partial charge in [-0.05, 0) is 35.9 Å². The molecular formula is C24H21ClN2O4. The SMILES string of the molecule is COc1ccc(-c2cn[nH]c2-c2ccc(OCc3ccccc3Cl)cc2O)cc1OC. The van der Waals surface area contributed by atoms with Crippen molar-refractivity contribution in [3.05, 3.63) is 77.4 Å². The van der Waals surface area contributed by atoms with Crippen LogP contribution < -0.4 is 14.2 Å². The second-order valence-corrected chi connectivity index (χ2v) is 7.19. The van der Waals surface area contributed by atoms with E-state index in [9.17, 15) is 5.11 Å². The van der Waals surface area contributed by atoms with Gasteiger partial charge in [-0.2, -0.15) is 5.10 Å². The predicted molar refractivity (Wildman–Crippen MR) is 120 cm³/mol. The van der Waals surface area contributed by atoms with E-state index < -0.39 is 0 Å². The number of rotatable bonds is 7. The van der Waals surface area contributed by atoms with Crippen molar-refractivity contribution < 1.29 is 19.3 Å². The average Bonchev–Trinajstić information content (AvgIpc) is 3.27. The molecule has 1 aromatic heterocycles. The van der Waals surface area contributed by atoms with Gasteiger partial charge in [-0.3, -0.25) is 5.10 Å². The number of ether oxygens (including phenoxy) is 3. The summed E-state index contributed by atoms with van der Waals surface area (Å²) in [5, 5.41) is 18.4. The van der Waals surface area contributed by atoms with Crippen LogP contribution in [0, 0.1) is 0 Å². The number of hydrogen-bond donors (Lipinski definition) is 2. The van der Waals surface area contributed by atoms with Gasteiger partial charge in [0, 0.05) is 27.8 Å². The van der Waals surface area contributed by atoms with Crippen LogP contribution in [0.5, 0.6) is 23.0 Å². The van der Waals surface area contributed by atoms with Gasteiger partial charge in [0.05, 0.1) is 26.1 Å². The van der Waals surface area contributed by atoms with Crippen molar-refractivity contribution in [1.29, 1.82) is 0 Å². The molecule has 0 fully saturated rings. The summed E-state index contributed by atoms with van der Waals surface area (Å²) in [5.74, 6) is 1.86. The highest BCUT2D eigenvalue weighted by Crippen LogP contribution is 2.39. The van der Waals surface area contributed by atoms with Gasteiger partial charge in [0.25, 0.3) is 0 Å². The molecule has 0 saturated carbocycles. The molecule has 0 aliphatic heterocycles. The number of aromatic hydroxyl groups is 1. The fourth-order valence-corrected chi connectivity index (χ4v) is 3.49. The lowest BCUT2D eigenvalue weighted by molar-refractivity contribution is 0.304. The fraction of sp³-hybridized carbons (Fsp3) is 0.125. The summed E-state index contributed by atoms with van der Waals surface area (Å²) in [6.07, 6.45) is 1.71. The van der Waals surface area contributed by atoms with E-state index in [1.54, 1.807) is 38.6 Å². The Morgan fingerprint density at radius 1 is 0.935 bits per heavy atom. The Kier molecular flexibility index (Phi) is 6.00. The molecule has 0 spiro atoms. The Morgan fingerprint density at radius 2 is 1.74 bits per heavy atom. The van der Waals surface area contributed by atoms with Gasteiger partial charge in [-0.1, -0.05) is 35.9 Å². The molecule has 31 heavy (non-hydrogen) atoms. The molecule has 7 heteroatoms. The molecule has 0 atom stereocenters. The van der Waals surface area contributed by atoms with Gasteiger partial charge >= 0.3 is 0 Å². The minimum absolute atomic E-state index is 0.0719. The Labute approximate surface area is 185 Å². The number of methoxy groups -OCH3 is 2. The van der Waals surface area contributed by atoms with Crippen molar-refractivity contribution in [2.75, 3.05) is 14.2 Å². The summed E-state index contributed by atoms with van der Waals surface area (Å²) in [6, 6.07) is 18.2. The van der Waals surface area contributed by atoms with Gasteiger partial charge < -0.3 is 19.3 Å². The number of nitrogens with zero attached hydrogens (tertiary/aromatic N) is 1. The topological polar surface area (TPSA) is 76.6 Å². The molecule has 6 nitrogen and oxygen atoms in total. The predicted octanol–water partition coefficient (Wildman–Crippen LogP) is 5.70. The highest BCUT2D eigenvalue weighted by atomic mass is 35.5. The molecule has 1 heterocycles. The Bertz CT molecular complexity index is 1210. The first-order valence-electron chi connectivity index (χ1n) is 9.56. The number of halogens is 1. The maximum atomic E-state index is 10.7. The van der Waals surface area contributed by atoms with Crippen LogP contribution in [-0.4, -0.2) is 29.5 Å². The molecule has 0 radical (unpaired) electrons. The van der Waals surface area contributed by atoms with Gasteiger partial charge in [0.2, 0.25) is 0 Å². The van der Waals surface area contributed by atoms with Crippen LogP contribution in [0.1, 0.15) is 5.56 Å². The lowest BCUT2D eigenvalue weighted by atomic mass is 10.0. The Morgan fingerprint density at radius 3 is 2.48 bits per heavy atom. The van der Waals surface area contributed by atoms with E-state index in [4.69, 9.17) is 25.8 Å². The van der Waals surface area contributed by atoms with Crippen molar-refractivity contribution in [1.82, 2.24) is 10.2 Å². The lowest BCUT2D eigenvalue weighted by Crippen LogP contribution is -1.96. The number of phenols is 1. The molecule has 0 aliphatic rings. The first kappa shape index (κ1) is 20.6. The van der Waals surface area contributed by atoms with E-state index in [1.165, 1.54) is 0 Å². The van der Waals surface area contributed by atoms with E-state index in [-0.39, 0.29) is 5.75 Å². The van der Waals surface area contributed by atoms with E-state index in [1.807, 2.05) is 42.5 Å². The number of aromatic nitrogens is 2. The van der Waals surface area contributed by atoms with Crippen LogP contribution in [0.25, 0.3) is 22.4 Å². The second kappa shape index (κ2) is 9.02. The molecule has 0 amide bonds. The Hall–Kier alpha value is -3.64. The zero-order chi connectivity index (χ0) is 21.8. The molecule has 158 valence electrons. The maximum absolute atomic E-state index is 10.7. The third-order valence-corrected chi connectivity index (χ3v) is 5.29. The van der Waals surface area contributed by atoms with Crippen LogP contribution in [0.2, 0.25) is 5.02 Å². The van der Waals surface area contributed by atoms with Crippen molar-refractivity contribution in [2.24, 2.45) is 0 Å². The van der Waals surface area contributed by atoms with Crippen LogP contribution in [0.15, 0.2) is 66.9 Å². The molecule has 4 rings (SSSR count). The standard InChI is InChI=1S/C24H21ClN2O4/c1-29-22-10-7-15(11-23(22)30-2)19-13-26-27-24(19)18-9-8-17(12-21(18)28)31-14-16-5-3-4-6-20(16)25/h3-13,28H,14H2,1-2H3,(H,26,27). The number of benzene rings is 3. The van der Waals surface area contributed by atoms with E-state index in [2.05, 4.69) is 10.2 Å². The normalized spacial score (nSPS) is 10.7. The summed E-state index contributed by atoms with van der Waals surface area (Å²) in [4.78, 5) is 0. The summed E-state index contributed by atoms with van der Waals surface area (Å²) in [7, 11) is 3.18. The number of H-pyrrole nitrogens is 1. The lowest BCUT2D eigenvalue weighted by Gasteiger charge is -2.12. The smallest absolute Gasteiger partial charge is 0.161 e. The minimum atomic E-state index is 0.0719. The molecular weight excluding hydrogens is 416 g/mol. The highest BCUT2D eigenvalue weighted by Gasteiger charge is 2.16. The van der Waals surface area contributed by atoms with Crippen LogP contribution in [0.4, 0.5) is 0 Å². The van der Waals surface area contributed by atoms with Crippen LogP contribution >= 0.6 is 11.6 Å². The van der Waals surface area contributed by atoms with Gasteiger partial charge in [-0.25, -0.2) is 0 Å². The van der Waals surface area contributed by atoms with Crippen molar-refractivity contribution in [3.63, 3.8) is 0 Å². The van der Waals surface area contributed by atoms with Crippen molar-refractivity contribution in [2.45, 2.75) is 6.61 Å². The monoisotopic (exact) mass is 436 g/mol. The largest absolute Gasteiger partial charge is 0.507 e. The third-order valence-electron chi connectivity index (χ3n) is 4.92. The molecule has 0 aliphatic carbocycles. The number of phenolic OH excluding ortho intramolecular Hbond substituents is 1. The van der Waals surface area contributed by atoms with Crippen LogP contribution in [-0.2, 0) is 6.61 Å². The molecule has 2 N–H and O–H groups in total. The molecule has 4 aromatic rings. The first-order valence-corrected chi connectivity index (χ1v) is 9.94. The molecule has 3 aromatic carbocycles. The number of nitrogens with one attached hydrogen (secondary N) is 1.